The van der Waals surface area contributed by atoms with E-state index in [4.69, 9.17) is 4.74 Å². The van der Waals surface area contributed by atoms with Gasteiger partial charge in [0, 0.05) is 11.1 Å². The smallest absolute Gasteiger partial charge is 0.543 e. The molecule has 158 valence electrons. The van der Waals surface area contributed by atoms with Crippen LogP contribution in [0.15, 0.2) is 91.0 Å². The zero-order valence-electron chi connectivity index (χ0n) is 18.9. The van der Waals surface area contributed by atoms with Crippen LogP contribution < -0.4 is 39.4 Å². The van der Waals surface area contributed by atoms with E-state index in [9.17, 15) is 9.90 Å². The number of ether oxygens (including phenoxy) is 1. The Balaban J connectivity index is 0.00000259. The predicted octanol–water partition coefficient (Wildman–Crippen LogP) is 2.61. The van der Waals surface area contributed by atoms with Gasteiger partial charge >= 0.3 is 29.6 Å². The van der Waals surface area contributed by atoms with Gasteiger partial charge in [-0.3, -0.25) is 0 Å². The third kappa shape index (κ3) is 4.55. The van der Waals surface area contributed by atoms with Crippen LogP contribution in [0.3, 0.4) is 0 Å². The molecule has 0 N–H and O–H groups in total. The van der Waals surface area contributed by atoms with Crippen molar-refractivity contribution in [3.8, 4) is 22.6 Å². The van der Waals surface area contributed by atoms with Crippen molar-refractivity contribution in [2.75, 3.05) is 0 Å². The normalized spacial score (nSPS) is 11.0. The number of carboxylic acid groups (broad SMARTS) is 1. The van der Waals surface area contributed by atoms with Gasteiger partial charge in [-0.05, 0) is 78.2 Å². The molecule has 0 saturated heterocycles. The number of hydrogen-bond acceptors (Lipinski definition) is 3. The van der Waals surface area contributed by atoms with Crippen molar-refractivity contribution in [2.24, 2.45) is 0 Å². The van der Waals surface area contributed by atoms with Crippen LogP contribution in [0, 0.1) is 0 Å². The molecule has 5 aromatic rings. The standard InChI is InChI=1S/C28H23NO3.Na/c1-18(2)32-25-12-8-20(9-13-25)22-10-14-26-23(15-22)17-27(28(30)31)29(26)24-11-7-19-5-3-4-6-21(19)16-24;/h3-18H,1-2H3,(H,30,31);/q;+1/p-1. The van der Waals surface area contributed by atoms with E-state index in [0.717, 1.165) is 44.2 Å². The van der Waals surface area contributed by atoms with E-state index in [1.807, 2.05) is 98.8 Å². The van der Waals surface area contributed by atoms with E-state index >= 15 is 0 Å². The largest absolute Gasteiger partial charge is 1.00 e. The number of rotatable bonds is 5. The van der Waals surface area contributed by atoms with Crippen molar-refractivity contribution in [3.63, 3.8) is 0 Å². The van der Waals surface area contributed by atoms with Gasteiger partial charge in [0.05, 0.1) is 23.3 Å². The number of carbonyl (C=O) groups is 1. The Kier molecular flexibility index (Phi) is 6.61. The first-order valence-electron chi connectivity index (χ1n) is 10.6. The number of fused-ring (bicyclic) bond motifs is 2. The Morgan fingerprint density at radius 2 is 1.48 bits per heavy atom. The van der Waals surface area contributed by atoms with Crippen molar-refractivity contribution in [3.05, 3.63) is 96.7 Å². The summed E-state index contributed by atoms with van der Waals surface area (Å²) in [5.41, 5.74) is 3.79. The minimum atomic E-state index is -1.20. The van der Waals surface area contributed by atoms with Crippen molar-refractivity contribution >= 4 is 27.6 Å². The molecule has 4 nitrogen and oxygen atoms in total. The molecule has 5 heteroatoms. The second kappa shape index (κ2) is 9.44. The van der Waals surface area contributed by atoms with Crippen LogP contribution in [-0.2, 0) is 0 Å². The molecular formula is C28H22NNaO3. The van der Waals surface area contributed by atoms with Gasteiger partial charge in [0.2, 0.25) is 0 Å². The number of carboxylic acids is 1. The van der Waals surface area contributed by atoms with Crippen LogP contribution in [-0.4, -0.2) is 16.6 Å². The van der Waals surface area contributed by atoms with Crippen molar-refractivity contribution in [1.82, 2.24) is 4.57 Å². The Labute approximate surface area is 214 Å². The third-order valence-electron chi connectivity index (χ3n) is 5.56. The summed E-state index contributed by atoms with van der Waals surface area (Å²) in [6.07, 6.45) is 0.120. The van der Waals surface area contributed by atoms with E-state index < -0.39 is 5.97 Å². The molecule has 4 aromatic carbocycles. The van der Waals surface area contributed by atoms with Crippen LogP contribution >= 0.6 is 0 Å². The van der Waals surface area contributed by atoms with Crippen LogP contribution in [0.1, 0.15) is 24.3 Å². The van der Waals surface area contributed by atoms with Gasteiger partial charge < -0.3 is 19.2 Å². The summed E-state index contributed by atoms with van der Waals surface area (Å²) >= 11 is 0. The van der Waals surface area contributed by atoms with Gasteiger partial charge in [-0.25, -0.2) is 0 Å². The SMILES string of the molecule is CC(C)Oc1ccc(-c2ccc3c(c2)cc(C(=O)[O-])n3-c2ccc3ccccc3c2)cc1.[Na+]. The van der Waals surface area contributed by atoms with E-state index in [-0.39, 0.29) is 41.4 Å². The maximum Gasteiger partial charge on any atom is 1.00 e. The average molecular weight is 443 g/mol. The summed E-state index contributed by atoms with van der Waals surface area (Å²) < 4.78 is 7.48. The van der Waals surface area contributed by atoms with Gasteiger partial charge in [-0.2, -0.15) is 0 Å². The van der Waals surface area contributed by atoms with E-state index in [2.05, 4.69) is 0 Å². The molecule has 1 aromatic heterocycles. The number of carbonyl (C=O) groups excluding carboxylic acids is 1. The molecule has 0 radical (unpaired) electrons. The number of aromatic nitrogens is 1. The zero-order chi connectivity index (χ0) is 22.2. The van der Waals surface area contributed by atoms with Crippen molar-refractivity contribution in [1.29, 1.82) is 0 Å². The summed E-state index contributed by atoms with van der Waals surface area (Å²) in [7, 11) is 0. The fourth-order valence-corrected chi connectivity index (χ4v) is 4.14. The van der Waals surface area contributed by atoms with E-state index in [0.29, 0.717) is 0 Å². The Bertz CT molecular complexity index is 1450. The van der Waals surface area contributed by atoms with E-state index in [1.165, 1.54) is 0 Å². The van der Waals surface area contributed by atoms with Crippen LogP contribution in [0.4, 0.5) is 0 Å². The molecule has 0 unspecified atom stereocenters. The summed E-state index contributed by atoms with van der Waals surface area (Å²) in [6.45, 7) is 3.99. The van der Waals surface area contributed by atoms with E-state index in [1.54, 1.807) is 10.6 Å². The van der Waals surface area contributed by atoms with Crippen LogP contribution in [0.25, 0.3) is 38.5 Å². The van der Waals surface area contributed by atoms with Gasteiger partial charge in [0.1, 0.15) is 5.75 Å². The van der Waals surface area contributed by atoms with Gasteiger partial charge in [-0.15, -0.1) is 0 Å². The Morgan fingerprint density at radius 1 is 0.788 bits per heavy atom. The molecule has 1 heterocycles. The minimum absolute atomic E-state index is 0. The molecule has 0 bridgehead atoms. The zero-order valence-corrected chi connectivity index (χ0v) is 20.9. The first-order valence-corrected chi connectivity index (χ1v) is 10.6. The monoisotopic (exact) mass is 443 g/mol. The fourth-order valence-electron chi connectivity index (χ4n) is 4.14. The average Bonchev–Trinajstić information content (AvgIpc) is 3.18. The fraction of sp³-hybridized carbons (Fsp3) is 0.107. The predicted molar refractivity (Wildman–Crippen MR) is 126 cm³/mol. The number of nitrogens with zero attached hydrogens (tertiary/aromatic N) is 1. The molecule has 0 fully saturated rings. The van der Waals surface area contributed by atoms with Crippen molar-refractivity contribution in [2.45, 2.75) is 20.0 Å². The van der Waals surface area contributed by atoms with Crippen LogP contribution in [0.5, 0.6) is 5.75 Å². The molecule has 0 amide bonds. The molecule has 0 aliphatic heterocycles. The maximum atomic E-state index is 12.0. The number of benzene rings is 4. The quantitative estimate of drug-likeness (QED) is 0.393. The van der Waals surface area contributed by atoms with Gasteiger partial charge in [-0.1, -0.05) is 48.5 Å². The summed E-state index contributed by atoms with van der Waals surface area (Å²) in [4.78, 5) is 12.0. The molecule has 33 heavy (non-hydrogen) atoms. The molecule has 0 aliphatic carbocycles. The molecule has 0 saturated carbocycles. The number of aromatic carboxylic acids is 1. The Hall–Kier alpha value is -3.05. The van der Waals surface area contributed by atoms with Crippen LogP contribution in [0.2, 0.25) is 0 Å². The summed E-state index contributed by atoms with van der Waals surface area (Å²) in [6, 6.07) is 29.6. The summed E-state index contributed by atoms with van der Waals surface area (Å²) in [5.74, 6) is -0.377. The second-order valence-corrected chi connectivity index (χ2v) is 8.15. The number of hydrogen-bond donors (Lipinski definition) is 0. The molecule has 0 spiro atoms. The summed E-state index contributed by atoms with van der Waals surface area (Å²) in [5, 5.41) is 15.0. The molecule has 0 atom stereocenters. The topological polar surface area (TPSA) is 54.3 Å². The molecular weight excluding hydrogens is 421 g/mol. The maximum absolute atomic E-state index is 12.0. The second-order valence-electron chi connectivity index (χ2n) is 8.15. The van der Waals surface area contributed by atoms with Gasteiger partial charge in [0.15, 0.2) is 0 Å². The Morgan fingerprint density at radius 3 is 2.18 bits per heavy atom. The minimum Gasteiger partial charge on any atom is -0.543 e. The van der Waals surface area contributed by atoms with Crippen molar-refractivity contribution < 1.29 is 44.2 Å². The first kappa shape index (κ1) is 23.1. The third-order valence-corrected chi connectivity index (χ3v) is 5.56. The van der Waals surface area contributed by atoms with Gasteiger partial charge in [0.25, 0.3) is 0 Å². The molecule has 0 aliphatic rings. The molecule has 5 rings (SSSR count). The first-order chi connectivity index (χ1) is 15.5.